The molecule has 0 unspecified atom stereocenters. The second-order valence-corrected chi connectivity index (χ2v) is 7.32. The summed E-state index contributed by atoms with van der Waals surface area (Å²) in [6.45, 7) is 0. The van der Waals surface area contributed by atoms with Gasteiger partial charge in [-0.15, -0.1) is 11.8 Å². The van der Waals surface area contributed by atoms with Crippen LogP contribution < -0.4 is 5.32 Å². The van der Waals surface area contributed by atoms with Gasteiger partial charge in [-0.1, -0.05) is 40.6 Å². The van der Waals surface area contributed by atoms with E-state index >= 15 is 0 Å². The average Bonchev–Trinajstić information content (AvgIpc) is 2.90. The standard InChI is InChI=1S/C15H10Cl2N2OS2/c16-9-4-6-10(7-5-9)21-8-13(20)18-15-19-14-11(17)2-1-3-12(14)22-15/h1-7H,8H2,(H,18,19,20). The number of amides is 1. The van der Waals surface area contributed by atoms with E-state index in [4.69, 9.17) is 23.2 Å². The maximum Gasteiger partial charge on any atom is 0.236 e. The molecule has 3 nitrogen and oxygen atoms in total. The molecule has 0 saturated carbocycles. The Kier molecular flexibility index (Phi) is 4.88. The summed E-state index contributed by atoms with van der Waals surface area (Å²) in [7, 11) is 0. The number of para-hydroxylation sites is 1. The molecule has 0 atom stereocenters. The highest BCUT2D eigenvalue weighted by molar-refractivity contribution is 8.00. The zero-order valence-electron chi connectivity index (χ0n) is 11.2. The van der Waals surface area contributed by atoms with Crippen LogP contribution in [-0.2, 0) is 4.79 Å². The molecule has 1 amide bonds. The van der Waals surface area contributed by atoms with E-state index in [1.165, 1.54) is 23.1 Å². The van der Waals surface area contributed by atoms with Gasteiger partial charge in [0.15, 0.2) is 5.13 Å². The molecule has 0 aliphatic rings. The fourth-order valence-corrected chi connectivity index (χ4v) is 3.81. The highest BCUT2D eigenvalue weighted by Crippen LogP contribution is 2.30. The van der Waals surface area contributed by atoms with Crippen molar-refractivity contribution >= 4 is 67.6 Å². The molecule has 22 heavy (non-hydrogen) atoms. The number of hydrogen-bond donors (Lipinski definition) is 1. The summed E-state index contributed by atoms with van der Waals surface area (Å²) < 4.78 is 0.952. The maximum atomic E-state index is 12.0. The fourth-order valence-electron chi connectivity index (χ4n) is 1.80. The van der Waals surface area contributed by atoms with E-state index in [-0.39, 0.29) is 5.91 Å². The van der Waals surface area contributed by atoms with E-state index in [2.05, 4.69) is 10.3 Å². The average molecular weight is 369 g/mol. The predicted molar refractivity (Wildman–Crippen MR) is 95.4 cm³/mol. The summed E-state index contributed by atoms with van der Waals surface area (Å²) in [5.41, 5.74) is 0.717. The molecular weight excluding hydrogens is 359 g/mol. The minimum atomic E-state index is -0.102. The Morgan fingerprint density at radius 3 is 2.68 bits per heavy atom. The first kappa shape index (κ1) is 15.6. The first-order valence-corrected chi connectivity index (χ1v) is 8.91. The third-order valence-electron chi connectivity index (χ3n) is 2.80. The normalized spacial score (nSPS) is 10.8. The lowest BCUT2D eigenvalue weighted by atomic mass is 10.3. The number of fused-ring (bicyclic) bond motifs is 1. The number of nitrogens with one attached hydrogen (secondary N) is 1. The van der Waals surface area contributed by atoms with Crippen LogP contribution in [0.4, 0.5) is 5.13 Å². The van der Waals surface area contributed by atoms with Crippen molar-refractivity contribution in [2.24, 2.45) is 0 Å². The molecule has 2 aromatic carbocycles. The molecule has 112 valence electrons. The summed E-state index contributed by atoms with van der Waals surface area (Å²) in [5, 5.41) is 4.63. The van der Waals surface area contributed by atoms with Crippen LogP contribution in [0.25, 0.3) is 10.2 Å². The van der Waals surface area contributed by atoms with Gasteiger partial charge >= 0.3 is 0 Å². The molecule has 3 rings (SSSR count). The number of nitrogens with zero attached hydrogens (tertiary/aromatic N) is 1. The summed E-state index contributed by atoms with van der Waals surface area (Å²) in [4.78, 5) is 17.3. The molecule has 1 aromatic heterocycles. The molecule has 0 aliphatic carbocycles. The number of carbonyl (C=O) groups excluding carboxylic acids is 1. The van der Waals surface area contributed by atoms with Gasteiger partial charge in [0.2, 0.25) is 5.91 Å². The quantitative estimate of drug-likeness (QED) is 0.632. The van der Waals surface area contributed by atoms with Crippen molar-refractivity contribution in [3.8, 4) is 0 Å². The minimum absolute atomic E-state index is 0.102. The molecule has 0 saturated heterocycles. The predicted octanol–water partition coefficient (Wildman–Crippen LogP) is 5.33. The van der Waals surface area contributed by atoms with Crippen molar-refractivity contribution in [2.45, 2.75) is 4.90 Å². The number of hydrogen-bond acceptors (Lipinski definition) is 4. The number of thiazole rings is 1. The van der Waals surface area contributed by atoms with E-state index in [9.17, 15) is 4.79 Å². The van der Waals surface area contributed by atoms with Gasteiger partial charge in [0.1, 0.15) is 5.52 Å². The van der Waals surface area contributed by atoms with Gasteiger partial charge in [-0.05, 0) is 36.4 Å². The Balaban J connectivity index is 1.63. The molecule has 0 spiro atoms. The molecule has 0 radical (unpaired) electrons. The number of benzene rings is 2. The van der Waals surface area contributed by atoms with E-state index in [1.807, 2.05) is 24.3 Å². The van der Waals surface area contributed by atoms with E-state index in [0.29, 0.717) is 20.9 Å². The summed E-state index contributed by atoms with van der Waals surface area (Å²) in [6, 6.07) is 13.0. The molecule has 3 aromatic rings. The summed E-state index contributed by atoms with van der Waals surface area (Å²) >= 11 is 14.8. The summed E-state index contributed by atoms with van der Waals surface area (Å²) in [6.07, 6.45) is 0. The van der Waals surface area contributed by atoms with Crippen LogP contribution in [0.1, 0.15) is 0 Å². The maximum absolute atomic E-state index is 12.0. The smallest absolute Gasteiger partial charge is 0.236 e. The van der Waals surface area contributed by atoms with Crippen molar-refractivity contribution in [3.63, 3.8) is 0 Å². The highest BCUT2D eigenvalue weighted by atomic mass is 35.5. The first-order chi connectivity index (χ1) is 10.6. The zero-order valence-corrected chi connectivity index (χ0v) is 14.3. The number of anilines is 1. The summed E-state index contributed by atoms with van der Waals surface area (Å²) in [5.74, 6) is 0.209. The van der Waals surface area contributed by atoms with Gasteiger partial charge in [0.25, 0.3) is 0 Å². The van der Waals surface area contributed by atoms with Crippen LogP contribution in [0.5, 0.6) is 0 Å². The largest absolute Gasteiger partial charge is 0.301 e. The van der Waals surface area contributed by atoms with Crippen molar-refractivity contribution in [3.05, 3.63) is 52.5 Å². The molecule has 0 bridgehead atoms. The molecule has 7 heteroatoms. The zero-order chi connectivity index (χ0) is 15.5. The lowest BCUT2D eigenvalue weighted by molar-refractivity contribution is -0.113. The van der Waals surface area contributed by atoms with Crippen LogP contribution in [0.2, 0.25) is 10.0 Å². The number of halogens is 2. The van der Waals surface area contributed by atoms with Crippen LogP contribution in [0, 0.1) is 0 Å². The van der Waals surface area contributed by atoms with Crippen LogP contribution in [0.15, 0.2) is 47.4 Å². The number of carbonyl (C=O) groups is 1. The Bertz CT molecular complexity index is 818. The van der Waals surface area contributed by atoms with Gasteiger partial charge in [-0.25, -0.2) is 4.98 Å². The highest BCUT2D eigenvalue weighted by Gasteiger charge is 2.10. The van der Waals surface area contributed by atoms with Gasteiger partial charge in [-0.2, -0.15) is 0 Å². The molecule has 1 heterocycles. The van der Waals surface area contributed by atoms with E-state index < -0.39 is 0 Å². The molecule has 0 fully saturated rings. The number of aromatic nitrogens is 1. The van der Waals surface area contributed by atoms with Crippen molar-refractivity contribution in [1.82, 2.24) is 4.98 Å². The molecular formula is C15H10Cl2N2OS2. The number of rotatable bonds is 4. The van der Waals surface area contributed by atoms with E-state index in [1.54, 1.807) is 18.2 Å². The number of thioether (sulfide) groups is 1. The monoisotopic (exact) mass is 368 g/mol. The third kappa shape index (κ3) is 3.73. The van der Waals surface area contributed by atoms with Gasteiger partial charge in [-0.3, -0.25) is 4.79 Å². The fraction of sp³-hybridized carbons (Fsp3) is 0.0667. The topological polar surface area (TPSA) is 42.0 Å². The Labute approximate surface area is 145 Å². The van der Waals surface area contributed by atoms with Crippen molar-refractivity contribution in [1.29, 1.82) is 0 Å². The minimum Gasteiger partial charge on any atom is -0.301 e. The van der Waals surface area contributed by atoms with Crippen molar-refractivity contribution in [2.75, 3.05) is 11.1 Å². The van der Waals surface area contributed by atoms with Gasteiger partial charge in [0, 0.05) is 9.92 Å². The third-order valence-corrected chi connectivity index (χ3v) is 5.30. The SMILES string of the molecule is O=C(CSc1ccc(Cl)cc1)Nc1nc2c(Cl)cccc2s1. The molecule has 1 N–H and O–H groups in total. The lowest BCUT2D eigenvalue weighted by Crippen LogP contribution is -2.13. The first-order valence-electron chi connectivity index (χ1n) is 6.35. The van der Waals surface area contributed by atoms with Crippen LogP contribution in [0.3, 0.4) is 0 Å². The lowest BCUT2D eigenvalue weighted by Gasteiger charge is -2.02. The second-order valence-electron chi connectivity index (χ2n) is 4.40. The van der Waals surface area contributed by atoms with Crippen LogP contribution >= 0.6 is 46.3 Å². The second kappa shape index (κ2) is 6.87. The van der Waals surface area contributed by atoms with Crippen molar-refractivity contribution < 1.29 is 4.79 Å². The van der Waals surface area contributed by atoms with Gasteiger partial charge in [0.05, 0.1) is 15.5 Å². The Hall–Kier alpha value is -1.27. The van der Waals surface area contributed by atoms with Crippen LogP contribution in [-0.4, -0.2) is 16.6 Å². The Morgan fingerprint density at radius 1 is 1.18 bits per heavy atom. The Morgan fingerprint density at radius 2 is 1.95 bits per heavy atom. The van der Waals surface area contributed by atoms with E-state index in [0.717, 1.165) is 15.1 Å². The van der Waals surface area contributed by atoms with Gasteiger partial charge < -0.3 is 5.32 Å². The molecule has 0 aliphatic heterocycles.